The van der Waals surface area contributed by atoms with E-state index < -0.39 is 10.0 Å². The Bertz CT molecular complexity index is 923. The molecule has 6 nitrogen and oxygen atoms in total. The Kier molecular flexibility index (Phi) is 5.70. The number of phenols is 1. The Labute approximate surface area is 159 Å². The lowest BCUT2D eigenvalue weighted by Crippen LogP contribution is -2.31. The highest BCUT2D eigenvalue weighted by Gasteiger charge is 2.24. The highest BCUT2D eigenvalue weighted by Crippen LogP contribution is 2.34. The van der Waals surface area contributed by atoms with Gasteiger partial charge in [-0.15, -0.1) is 0 Å². The number of fused-ring (bicyclic) bond motifs is 1. The molecule has 0 radical (unpaired) electrons. The first-order valence-corrected chi connectivity index (χ1v) is 10.8. The molecule has 1 aliphatic rings. The largest absolute Gasteiger partial charge is 0.508 e. The fraction of sp³-hybridized carbons (Fsp3) is 0.350. The minimum atomic E-state index is -3.35. The van der Waals surface area contributed by atoms with Gasteiger partial charge in [0.15, 0.2) is 0 Å². The zero-order valence-corrected chi connectivity index (χ0v) is 16.1. The van der Waals surface area contributed by atoms with Crippen molar-refractivity contribution in [2.45, 2.75) is 38.6 Å². The molecule has 0 bridgehead atoms. The SMILES string of the molecule is CCCS(=O)(=O)Nc1ccc(C(=O)NC2CCCc3c(O)cccc32)cc1. The maximum Gasteiger partial charge on any atom is 0.251 e. The molecule has 2 aromatic carbocycles. The Morgan fingerprint density at radius 1 is 1.19 bits per heavy atom. The van der Waals surface area contributed by atoms with Crippen molar-refractivity contribution in [3.8, 4) is 5.75 Å². The summed E-state index contributed by atoms with van der Waals surface area (Å²) in [5.41, 5.74) is 2.75. The van der Waals surface area contributed by atoms with Gasteiger partial charge < -0.3 is 10.4 Å². The van der Waals surface area contributed by atoms with Crippen molar-refractivity contribution in [1.82, 2.24) is 5.32 Å². The average molecular weight is 388 g/mol. The van der Waals surface area contributed by atoms with Crippen LogP contribution in [0.5, 0.6) is 5.75 Å². The van der Waals surface area contributed by atoms with E-state index in [1.54, 1.807) is 43.3 Å². The molecule has 144 valence electrons. The van der Waals surface area contributed by atoms with Crippen LogP contribution in [0, 0.1) is 0 Å². The number of carbonyl (C=O) groups excluding carboxylic acids is 1. The Balaban J connectivity index is 1.70. The number of carbonyl (C=O) groups is 1. The van der Waals surface area contributed by atoms with Crippen molar-refractivity contribution in [3.63, 3.8) is 0 Å². The van der Waals surface area contributed by atoms with Gasteiger partial charge in [-0.05, 0) is 67.1 Å². The summed E-state index contributed by atoms with van der Waals surface area (Å²) in [4.78, 5) is 12.6. The van der Waals surface area contributed by atoms with Gasteiger partial charge in [0.2, 0.25) is 10.0 Å². The number of amides is 1. The second kappa shape index (κ2) is 8.00. The molecule has 1 amide bonds. The van der Waals surface area contributed by atoms with Crippen molar-refractivity contribution in [2.75, 3.05) is 10.5 Å². The van der Waals surface area contributed by atoms with Crippen LogP contribution in [-0.2, 0) is 16.4 Å². The number of rotatable bonds is 6. The second-order valence-corrected chi connectivity index (χ2v) is 8.60. The summed E-state index contributed by atoms with van der Waals surface area (Å²) in [6, 6.07) is 11.6. The fourth-order valence-corrected chi connectivity index (χ4v) is 4.54. The van der Waals surface area contributed by atoms with E-state index in [4.69, 9.17) is 0 Å². The second-order valence-electron chi connectivity index (χ2n) is 6.76. The zero-order chi connectivity index (χ0) is 19.4. The minimum Gasteiger partial charge on any atom is -0.508 e. The van der Waals surface area contributed by atoms with E-state index in [9.17, 15) is 18.3 Å². The fourth-order valence-electron chi connectivity index (χ4n) is 3.41. The number of benzene rings is 2. The van der Waals surface area contributed by atoms with Crippen molar-refractivity contribution in [3.05, 3.63) is 59.2 Å². The quantitative estimate of drug-likeness (QED) is 0.707. The molecule has 0 aromatic heterocycles. The molecule has 0 saturated carbocycles. The van der Waals surface area contributed by atoms with Gasteiger partial charge in [-0.3, -0.25) is 9.52 Å². The van der Waals surface area contributed by atoms with Gasteiger partial charge in [-0.2, -0.15) is 0 Å². The maximum absolute atomic E-state index is 12.6. The first-order valence-electron chi connectivity index (χ1n) is 9.12. The standard InChI is InChI=1S/C20H24N2O4S/c1-2-13-27(25,26)22-15-11-9-14(10-12-15)20(24)21-18-7-3-6-17-16(18)5-4-8-19(17)23/h4-5,8-12,18,22-23H,2-3,6-7,13H2,1H3,(H,21,24). The molecule has 0 aliphatic heterocycles. The summed E-state index contributed by atoms with van der Waals surface area (Å²) in [5.74, 6) is 0.109. The van der Waals surface area contributed by atoms with Crippen molar-refractivity contribution < 1.29 is 18.3 Å². The van der Waals surface area contributed by atoms with E-state index in [2.05, 4.69) is 10.0 Å². The third-order valence-corrected chi connectivity index (χ3v) is 6.17. The van der Waals surface area contributed by atoms with Crippen molar-refractivity contribution >= 4 is 21.6 Å². The summed E-state index contributed by atoms with van der Waals surface area (Å²) in [7, 11) is -3.35. The number of nitrogens with one attached hydrogen (secondary N) is 2. The third kappa shape index (κ3) is 4.60. The monoisotopic (exact) mass is 388 g/mol. The first kappa shape index (κ1) is 19.2. The van der Waals surface area contributed by atoms with E-state index >= 15 is 0 Å². The molecule has 2 aromatic rings. The van der Waals surface area contributed by atoms with Crippen LogP contribution in [-0.4, -0.2) is 25.2 Å². The topological polar surface area (TPSA) is 95.5 Å². The number of sulfonamides is 1. The van der Waals surface area contributed by atoms with Crippen molar-refractivity contribution in [2.24, 2.45) is 0 Å². The number of anilines is 1. The molecule has 3 N–H and O–H groups in total. The van der Waals surface area contributed by atoms with Gasteiger partial charge in [-0.25, -0.2) is 8.42 Å². The molecule has 7 heteroatoms. The predicted octanol–water partition coefficient (Wildman–Crippen LogP) is 3.35. The highest BCUT2D eigenvalue weighted by atomic mass is 32.2. The van der Waals surface area contributed by atoms with E-state index in [-0.39, 0.29) is 23.5 Å². The Morgan fingerprint density at radius 2 is 1.93 bits per heavy atom. The molecular formula is C20H24N2O4S. The molecule has 1 unspecified atom stereocenters. The predicted molar refractivity (Wildman–Crippen MR) is 105 cm³/mol. The molecular weight excluding hydrogens is 364 g/mol. The zero-order valence-electron chi connectivity index (χ0n) is 15.2. The molecule has 0 fully saturated rings. The van der Waals surface area contributed by atoms with Crippen LogP contribution in [0.15, 0.2) is 42.5 Å². The van der Waals surface area contributed by atoms with Crippen LogP contribution in [0.4, 0.5) is 5.69 Å². The van der Waals surface area contributed by atoms with Crippen LogP contribution in [0.2, 0.25) is 0 Å². The smallest absolute Gasteiger partial charge is 0.251 e. The summed E-state index contributed by atoms with van der Waals surface area (Å²) < 4.78 is 26.1. The summed E-state index contributed by atoms with van der Waals surface area (Å²) >= 11 is 0. The van der Waals surface area contributed by atoms with Gasteiger partial charge in [0, 0.05) is 11.3 Å². The first-order chi connectivity index (χ1) is 12.9. The number of phenolic OH excluding ortho intramolecular Hbond substituents is 1. The van der Waals surface area contributed by atoms with Gasteiger partial charge in [0.25, 0.3) is 5.91 Å². The van der Waals surface area contributed by atoms with Gasteiger partial charge in [0.1, 0.15) is 5.75 Å². The molecule has 0 spiro atoms. The molecule has 0 heterocycles. The van der Waals surface area contributed by atoms with Gasteiger partial charge in [0.05, 0.1) is 11.8 Å². The molecule has 1 aliphatic carbocycles. The van der Waals surface area contributed by atoms with Crippen LogP contribution < -0.4 is 10.0 Å². The lowest BCUT2D eigenvalue weighted by Gasteiger charge is -2.27. The van der Waals surface area contributed by atoms with Crippen LogP contribution >= 0.6 is 0 Å². The lowest BCUT2D eigenvalue weighted by molar-refractivity contribution is 0.0932. The normalized spacial score (nSPS) is 16.4. The number of aromatic hydroxyl groups is 1. The number of hydrogen-bond donors (Lipinski definition) is 3. The summed E-state index contributed by atoms with van der Waals surface area (Å²) in [5, 5.41) is 13.0. The third-order valence-electron chi connectivity index (χ3n) is 4.68. The maximum atomic E-state index is 12.6. The lowest BCUT2D eigenvalue weighted by atomic mass is 9.87. The molecule has 1 atom stereocenters. The minimum absolute atomic E-state index is 0.0587. The van der Waals surface area contributed by atoms with Gasteiger partial charge >= 0.3 is 0 Å². The van der Waals surface area contributed by atoms with Crippen LogP contribution in [0.25, 0.3) is 0 Å². The van der Waals surface area contributed by atoms with Crippen LogP contribution in [0.1, 0.15) is 53.7 Å². The molecule has 0 saturated heterocycles. The van der Waals surface area contributed by atoms with E-state index in [0.29, 0.717) is 17.7 Å². The van der Waals surface area contributed by atoms with E-state index in [1.165, 1.54) is 0 Å². The van der Waals surface area contributed by atoms with E-state index in [0.717, 1.165) is 30.4 Å². The van der Waals surface area contributed by atoms with E-state index in [1.807, 2.05) is 6.07 Å². The average Bonchev–Trinajstić information content (AvgIpc) is 2.63. The van der Waals surface area contributed by atoms with Gasteiger partial charge in [-0.1, -0.05) is 19.1 Å². The van der Waals surface area contributed by atoms with Crippen molar-refractivity contribution in [1.29, 1.82) is 0 Å². The molecule has 27 heavy (non-hydrogen) atoms. The number of hydrogen-bond acceptors (Lipinski definition) is 4. The highest BCUT2D eigenvalue weighted by molar-refractivity contribution is 7.92. The summed E-state index contributed by atoms with van der Waals surface area (Å²) in [6.45, 7) is 1.80. The summed E-state index contributed by atoms with van der Waals surface area (Å²) in [6.07, 6.45) is 3.06. The Hall–Kier alpha value is -2.54. The van der Waals surface area contributed by atoms with Crippen LogP contribution in [0.3, 0.4) is 0 Å². The Morgan fingerprint density at radius 3 is 2.63 bits per heavy atom. The molecule has 3 rings (SSSR count).